The molecule has 0 saturated carbocycles. The summed E-state index contributed by atoms with van der Waals surface area (Å²) in [5.41, 5.74) is 1.05. The summed E-state index contributed by atoms with van der Waals surface area (Å²) in [5, 5.41) is 3.29. The van der Waals surface area contributed by atoms with Crippen LogP contribution >= 0.6 is 15.9 Å². The number of halogens is 1. The summed E-state index contributed by atoms with van der Waals surface area (Å²) in [4.78, 5) is 0.279. The molecule has 0 radical (unpaired) electrons. The molecule has 1 rings (SSSR count). The quantitative estimate of drug-likeness (QED) is 0.572. The summed E-state index contributed by atoms with van der Waals surface area (Å²) in [7, 11) is -1.94. The van der Waals surface area contributed by atoms with Crippen LogP contribution in [0.5, 0.6) is 0 Å². The van der Waals surface area contributed by atoms with E-state index in [4.69, 9.17) is 0 Å². The number of benzene rings is 1. The number of likely N-dealkylation sites (N-methyl/N-ethyl adjacent to an activating group) is 1. The average molecular weight is 361 g/mol. The van der Waals surface area contributed by atoms with Crippen LogP contribution in [0.3, 0.4) is 0 Å². The zero-order valence-corrected chi connectivity index (χ0v) is 14.3. The van der Waals surface area contributed by atoms with Crippen molar-refractivity contribution in [1.29, 1.82) is 0 Å². The number of sulfonamides is 1. The van der Waals surface area contributed by atoms with Crippen molar-refractivity contribution in [3.8, 4) is 0 Å². The molecule has 6 heteroatoms. The number of hydrogen-bond acceptors (Lipinski definition) is 3. The Hall–Kier alpha value is -0.690. The van der Waals surface area contributed by atoms with E-state index >= 15 is 0 Å². The summed E-state index contributed by atoms with van der Waals surface area (Å²) in [6.45, 7) is 7.63. The van der Waals surface area contributed by atoms with E-state index in [1.165, 1.54) is 4.31 Å². The van der Waals surface area contributed by atoms with Crippen LogP contribution in [0.2, 0.25) is 0 Å². The Morgan fingerprint density at radius 2 is 2.15 bits per heavy atom. The first-order valence-corrected chi connectivity index (χ1v) is 8.73. The lowest BCUT2D eigenvalue weighted by Crippen LogP contribution is -2.27. The van der Waals surface area contributed by atoms with Crippen LogP contribution in [0.1, 0.15) is 18.9 Å². The van der Waals surface area contributed by atoms with E-state index in [9.17, 15) is 8.42 Å². The van der Waals surface area contributed by atoms with Gasteiger partial charge < -0.3 is 5.32 Å². The topological polar surface area (TPSA) is 49.4 Å². The van der Waals surface area contributed by atoms with Crippen LogP contribution in [0.25, 0.3) is 0 Å². The first kappa shape index (κ1) is 17.4. The molecule has 0 spiro atoms. The van der Waals surface area contributed by atoms with Crippen LogP contribution in [-0.2, 0) is 16.6 Å². The summed E-state index contributed by atoms with van der Waals surface area (Å²) >= 11 is 3.35. The molecule has 0 aliphatic heterocycles. The normalized spacial score (nSPS) is 11.8. The van der Waals surface area contributed by atoms with Gasteiger partial charge in [0.25, 0.3) is 0 Å². The van der Waals surface area contributed by atoms with E-state index in [-0.39, 0.29) is 11.4 Å². The van der Waals surface area contributed by atoms with Gasteiger partial charge in [0.15, 0.2) is 0 Å². The maximum atomic E-state index is 12.3. The second kappa shape index (κ2) is 7.93. The highest BCUT2D eigenvalue weighted by molar-refractivity contribution is 9.10. The van der Waals surface area contributed by atoms with E-state index < -0.39 is 10.0 Å². The van der Waals surface area contributed by atoms with Gasteiger partial charge in [0.1, 0.15) is 0 Å². The zero-order valence-electron chi connectivity index (χ0n) is 11.9. The van der Waals surface area contributed by atoms with Crippen LogP contribution in [0.15, 0.2) is 40.2 Å². The Morgan fingerprint density at radius 3 is 2.70 bits per heavy atom. The van der Waals surface area contributed by atoms with Crippen LogP contribution in [0, 0.1) is 0 Å². The molecule has 0 amide bonds. The minimum atomic E-state index is -3.48. The third-order valence-corrected chi connectivity index (χ3v) is 5.63. The fourth-order valence-electron chi connectivity index (χ4n) is 1.72. The van der Waals surface area contributed by atoms with Crippen LogP contribution in [0.4, 0.5) is 0 Å². The molecule has 0 bridgehead atoms. The molecule has 0 saturated heterocycles. The highest BCUT2D eigenvalue weighted by Crippen LogP contribution is 2.25. The molecule has 0 aliphatic carbocycles. The number of rotatable bonds is 8. The Labute approximate surface area is 130 Å². The minimum Gasteiger partial charge on any atom is -0.313 e. The second-order valence-corrected chi connectivity index (χ2v) is 7.38. The van der Waals surface area contributed by atoms with Gasteiger partial charge in [-0.15, -0.1) is 6.58 Å². The lowest BCUT2D eigenvalue weighted by Gasteiger charge is -2.16. The molecule has 1 N–H and O–H groups in total. The number of nitrogens with zero attached hydrogens (tertiary/aromatic N) is 1. The molecule has 0 atom stereocenters. The van der Waals surface area contributed by atoms with Crippen molar-refractivity contribution in [3.05, 3.63) is 40.9 Å². The lowest BCUT2D eigenvalue weighted by atomic mass is 10.2. The summed E-state index contributed by atoms with van der Waals surface area (Å²) < 4.78 is 26.6. The van der Waals surface area contributed by atoms with Gasteiger partial charge in [-0.05, 0) is 46.6 Å². The van der Waals surface area contributed by atoms with Gasteiger partial charge in [-0.1, -0.05) is 19.1 Å². The van der Waals surface area contributed by atoms with Crippen molar-refractivity contribution in [1.82, 2.24) is 9.62 Å². The maximum absolute atomic E-state index is 12.3. The number of hydrogen-bond donors (Lipinski definition) is 1. The molecule has 1 aromatic carbocycles. The van der Waals surface area contributed by atoms with Gasteiger partial charge in [0.05, 0.1) is 4.90 Å². The highest BCUT2D eigenvalue weighted by Gasteiger charge is 2.22. The fraction of sp³-hybridized carbons (Fsp3) is 0.429. The van der Waals surface area contributed by atoms with Crippen molar-refractivity contribution in [2.75, 3.05) is 20.1 Å². The van der Waals surface area contributed by atoms with E-state index in [1.54, 1.807) is 19.2 Å². The van der Waals surface area contributed by atoms with Crippen molar-refractivity contribution in [2.24, 2.45) is 0 Å². The van der Waals surface area contributed by atoms with Crippen molar-refractivity contribution in [2.45, 2.75) is 24.8 Å². The molecular weight excluding hydrogens is 340 g/mol. The van der Waals surface area contributed by atoms with Crippen LogP contribution < -0.4 is 5.32 Å². The first-order chi connectivity index (χ1) is 9.43. The molecular formula is C14H21BrN2O2S. The molecule has 112 valence electrons. The highest BCUT2D eigenvalue weighted by atomic mass is 79.9. The Bertz CT molecular complexity index is 558. The molecule has 4 nitrogen and oxygen atoms in total. The summed E-state index contributed by atoms with van der Waals surface area (Å²) in [6, 6.07) is 5.32. The Morgan fingerprint density at radius 1 is 1.45 bits per heavy atom. The Balaban J connectivity index is 2.95. The minimum absolute atomic E-state index is 0.279. The van der Waals surface area contributed by atoms with Gasteiger partial charge in [-0.2, -0.15) is 4.31 Å². The van der Waals surface area contributed by atoms with Crippen molar-refractivity contribution in [3.63, 3.8) is 0 Å². The van der Waals surface area contributed by atoms with Gasteiger partial charge in [0.2, 0.25) is 10.0 Å². The summed E-state index contributed by atoms with van der Waals surface area (Å²) in [6.07, 6.45) is 2.63. The average Bonchev–Trinajstić information content (AvgIpc) is 2.39. The summed E-state index contributed by atoms with van der Waals surface area (Å²) in [5.74, 6) is 0. The smallest absolute Gasteiger partial charge is 0.244 e. The van der Waals surface area contributed by atoms with Gasteiger partial charge in [-0.25, -0.2) is 8.42 Å². The number of nitrogens with one attached hydrogen (secondary N) is 1. The largest absolute Gasteiger partial charge is 0.313 e. The predicted molar refractivity (Wildman–Crippen MR) is 86.2 cm³/mol. The van der Waals surface area contributed by atoms with Crippen LogP contribution in [-0.4, -0.2) is 32.9 Å². The van der Waals surface area contributed by atoms with Gasteiger partial charge >= 0.3 is 0 Å². The monoisotopic (exact) mass is 360 g/mol. The Kier molecular flexibility index (Phi) is 6.88. The van der Waals surface area contributed by atoms with E-state index in [0.29, 0.717) is 4.47 Å². The third-order valence-electron chi connectivity index (χ3n) is 2.83. The fourth-order valence-corrected chi connectivity index (χ4v) is 3.94. The van der Waals surface area contributed by atoms with Gasteiger partial charge in [0, 0.05) is 24.6 Å². The lowest BCUT2D eigenvalue weighted by molar-refractivity contribution is 0.499. The SMILES string of the molecule is C=CCN(C)S(=O)(=O)c1ccc(CNCCC)cc1Br. The molecule has 0 aliphatic rings. The van der Waals surface area contributed by atoms with Gasteiger partial charge in [-0.3, -0.25) is 0 Å². The molecule has 0 aromatic heterocycles. The van der Waals surface area contributed by atoms with E-state index in [2.05, 4.69) is 34.7 Å². The first-order valence-electron chi connectivity index (χ1n) is 6.49. The molecule has 0 unspecified atom stereocenters. The van der Waals surface area contributed by atoms with E-state index in [1.807, 2.05) is 12.1 Å². The van der Waals surface area contributed by atoms with E-state index in [0.717, 1.165) is 25.1 Å². The third kappa shape index (κ3) is 4.41. The molecule has 20 heavy (non-hydrogen) atoms. The maximum Gasteiger partial charge on any atom is 0.244 e. The zero-order chi connectivity index (χ0) is 15.2. The van der Waals surface area contributed by atoms with Crippen molar-refractivity contribution < 1.29 is 8.42 Å². The predicted octanol–water partition coefficient (Wildman–Crippen LogP) is 2.76. The molecule has 1 aromatic rings. The van der Waals surface area contributed by atoms with Crippen molar-refractivity contribution >= 4 is 26.0 Å². The standard InChI is InChI=1S/C14H21BrN2O2S/c1-4-8-16-11-12-6-7-14(13(15)10-12)20(18,19)17(3)9-5-2/h5-7,10,16H,2,4,8-9,11H2,1,3H3. The molecule has 0 fully saturated rings. The second-order valence-electron chi connectivity index (χ2n) is 4.52. The molecule has 0 heterocycles.